The van der Waals surface area contributed by atoms with Crippen LogP contribution in [0.25, 0.3) is 0 Å². The molecule has 0 N–H and O–H groups in total. The molecule has 2 aliphatic rings. The van der Waals surface area contributed by atoms with Crippen molar-refractivity contribution in [3.05, 3.63) is 54.1 Å². The third-order valence-electron chi connectivity index (χ3n) is 5.90. The molecule has 0 saturated carbocycles. The van der Waals surface area contributed by atoms with E-state index in [0.717, 1.165) is 17.7 Å². The fourth-order valence-electron chi connectivity index (χ4n) is 4.35. The first kappa shape index (κ1) is 20.7. The zero-order valence-electron chi connectivity index (χ0n) is 17.2. The summed E-state index contributed by atoms with van der Waals surface area (Å²) in [6.07, 6.45) is 0.739. The molecule has 4 rings (SSSR count). The van der Waals surface area contributed by atoms with Crippen molar-refractivity contribution in [1.82, 2.24) is 4.90 Å². The summed E-state index contributed by atoms with van der Waals surface area (Å²) in [7, 11) is 0.00555. The van der Waals surface area contributed by atoms with E-state index in [1.165, 1.54) is 0 Å². The third kappa shape index (κ3) is 4.15. The molecule has 160 valence electrons. The van der Waals surface area contributed by atoms with E-state index in [1.54, 1.807) is 31.3 Å². The van der Waals surface area contributed by atoms with Crippen LogP contribution < -0.4 is 14.4 Å². The number of nitrogens with zero attached hydrogens (tertiary/aromatic N) is 2. The van der Waals surface area contributed by atoms with E-state index in [-0.39, 0.29) is 36.0 Å². The highest BCUT2D eigenvalue weighted by atomic mass is 32.2. The van der Waals surface area contributed by atoms with Crippen molar-refractivity contribution in [2.45, 2.75) is 18.5 Å². The predicted molar refractivity (Wildman–Crippen MR) is 115 cm³/mol. The van der Waals surface area contributed by atoms with Crippen molar-refractivity contribution in [1.29, 1.82) is 0 Å². The van der Waals surface area contributed by atoms with Crippen LogP contribution in [0.2, 0.25) is 0 Å². The van der Waals surface area contributed by atoms with Crippen LogP contribution in [0, 0.1) is 0 Å². The lowest BCUT2D eigenvalue weighted by Gasteiger charge is -2.43. The van der Waals surface area contributed by atoms with Gasteiger partial charge in [0.2, 0.25) is 5.91 Å². The summed E-state index contributed by atoms with van der Waals surface area (Å²) in [6.45, 7) is 0.837. The highest BCUT2D eigenvalue weighted by Crippen LogP contribution is 2.32. The minimum absolute atomic E-state index is 0.00548. The van der Waals surface area contributed by atoms with Crippen LogP contribution in [0.1, 0.15) is 5.56 Å². The summed E-state index contributed by atoms with van der Waals surface area (Å²) in [5.74, 6) is 1.49. The molecule has 1 amide bonds. The van der Waals surface area contributed by atoms with Gasteiger partial charge in [-0.1, -0.05) is 12.1 Å². The van der Waals surface area contributed by atoms with E-state index in [1.807, 2.05) is 41.3 Å². The van der Waals surface area contributed by atoms with Crippen molar-refractivity contribution in [3.63, 3.8) is 0 Å². The van der Waals surface area contributed by atoms with E-state index >= 15 is 0 Å². The average Bonchev–Trinajstić information content (AvgIpc) is 3.07. The lowest BCUT2D eigenvalue weighted by molar-refractivity contribution is -0.123. The molecule has 7 nitrogen and oxygen atoms in total. The van der Waals surface area contributed by atoms with Gasteiger partial charge >= 0.3 is 0 Å². The molecule has 0 aromatic heterocycles. The third-order valence-corrected chi connectivity index (χ3v) is 7.60. The second-order valence-corrected chi connectivity index (χ2v) is 9.90. The van der Waals surface area contributed by atoms with Crippen LogP contribution in [0.15, 0.2) is 48.5 Å². The summed E-state index contributed by atoms with van der Waals surface area (Å²) < 4.78 is 35.3. The van der Waals surface area contributed by atoms with Crippen LogP contribution in [-0.4, -0.2) is 70.1 Å². The van der Waals surface area contributed by atoms with Crippen LogP contribution in [0.3, 0.4) is 0 Å². The molecular formula is C22H26N2O5S. The predicted octanol–water partition coefficient (Wildman–Crippen LogP) is 1.76. The number of hydrogen-bond donors (Lipinski definition) is 0. The SMILES string of the molecule is COc1ccc(CCN2CC(=O)N(c3ccc(OC)cc3)[C@@H]3CS(=O)(=O)C[C@H]32)cc1. The maximum absolute atomic E-state index is 13.0. The van der Waals surface area contributed by atoms with Gasteiger partial charge in [0.25, 0.3) is 0 Å². The zero-order chi connectivity index (χ0) is 21.3. The van der Waals surface area contributed by atoms with Gasteiger partial charge in [0, 0.05) is 18.3 Å². The lowest BCUT2D eigenvalue weighted by Crippen LogP contribution is -2.62. The molecule has 0 unspecified atom stereocenters. The van der Waals surface area contributed by atoms with Crippen LogP contribution >= 0.6 is 0 Å². The number of carbonyl (C=O) groups excluding carboxylic acids is 1. The maximum Gasteiger partial charge on any atom is 0.241 e. The minimum Gasteiger partial charge on any atom is -0.497 e. The number of ether oxygens (including phenoxy) is 2. The summed E-state index contributed by atoms with van der Waals surface area (Å²) in [5.41, 5.74) is 1.83. The molecule has 2 fully saturated rings. The molecule has 0 bridgehead atoms. The second kappa shape index (κ2) is 8.28. The van der Waals surface area contributed by atoms with Crippen LogP contribution in [0.4, 0.5) is 5.69 Å². The Bertz CT molecular complexity index is 1000. The van der Waals surface area contributed by atoms with E-state index in [4.69, 9.17) is 9.47 Å². The fourth-order valence-corrected chi connectivity index (χ4v) is 6.33. The number of amides is 1. The smallest absolute Gasteiger partial charge is 0.241 e. The number of hydrogen-bond acceptors (Lipinski definition) is 6. The average molecular weight is 431 g/mol. The number of benzene rings is 2. The van der Waals surface area contributed by atoms with E-state index < -0.39 is 9.84 Å². The summed E-state index contributed by atoms with van der Waals surface area (Å²) in [4.78, 5) is 16.7. The number of methoxy groups -OCH3 is 2. The molecule has 0 radical (unpaired) electrons. The molecular weight excluding hydrogens is 404 g/mol. The summed E-state index contributed by atoms with van der Waals surface area (Å²) in [6, 6.07) is 14.4. The van der Waals surface area contributed by atoms with Gasteiger partial charge in [0.1, 0.15) is 11.5 Å². The number of piperazine rings is 1. The Kier molecular flexibility index (Phi) is 5.71. The van der Waals surface area contributed by atoms with Crippen molar-refractivity contribution in [3.8, 4) is 11.5 Å². The highest BCUT2D eigenvalue weighted by molar-refractivity contribution is 7.91. The first-order chi connectivity index (χ1) is 14.4. The lowest BCUT2D eigenvalue weighted by atomic mass is 10.0. The number of fused-ring (bicyclic) bond motifs is 1. The van der Waals surface area contributed by atoms with Gasteiger partial charge in [0.05, 0.1) is 38.3 Å². The maximum atomic E-state index is 13.0. The van der Waals surface area contributed by atoms with Gasteiger partial charge in [-0.15, -0.1) is 0 Å². The molecule has 2 heterocycles. The molecule has 0 spiro atoms. The van der Waals surface area contributed by atoms with E-state index in [0.29, 0.717) is 18.0 Å². The molecule has 8 heteroatoms. The molecule has 2 saturated heterocycles. The number of sulfone groups is 1. The zero-order valence-corrected chi connectivity index (χ0v) is 18.0. The molecule has 2 atom stereocenters. The molecule has 0 aliphatic carbocycles. The van der Waals surface area contributed by atoms with Crippen molar-refractivity contribution >= 4 is 21.4 Å². The Labute approximate surface area is 177 Å². The van der Waals surface area contributed by atoms with E-state index in [9.17, 15) is 13.2 Å². The number of anilines is 1. The Morgan fingerprint density at radius 3 is 2.07 bits per heavy atom. The Balaban J connectivity index is 1.54. The first-order valence-electron chi connectivity index (χ1n) is 9.94. The Hall–Kier alpha value is -2.58. The van der Waals surface area contributed by atoms with Gasteiger partial charge in [-0.25, -0.2) is 8.42 Å². The molecule has 2 aromatic carbocycles. The van der Waals surface area contributed by atoms with Crippen LogP contribution in [-0.2, 0) is 21.1 Å². The Morgan fingerprint density at radius 2 is 1.47 bits per heavy atom. The molecule has 30 heavy (non-hydrogen) atoms. The summed E-state index contributed by atoms with van der Waals surface area (Å²) >= 11 is 0. The minimum atomic E-state index is -3.21. The highest BCUT2D eigenvalue weighted by Gasteiger charge is 2.49. The second-order valence-electron chi connectivity index (χ2n) is 7.74. The Morgan fingerprint density at radius 1 is 0.900 bits per heavy atom. The topological polar surface area (TPSA) is 76.2 Å². The fraction of sp³-hybridized carbons (Fsp3) is 0.409. The van der Waals surface area contributed by atoms with Gasteiger partial charge in [0.15, 0.2) is 9.84 Å². The quantitative estimate of drug-likeness (QED) is 0.695. The normalized spacial score (nSPS) is 23.3. The number of carbonyl (C=O) groups is 1. The van der Waals surface area contributed by atoms with Crippen LogP contribution in [0.5, 0.6) is 11.5 Å². The molecule has 2 aromatic rings. The monoisotopic (exact) mass is 430 g/mol. The molecule has 2 aliphatic heterocycles. The van der Waals surface area contributed by atoms with Gasteiger partial charge in [-0.3, -0.25) is 9.69 Å². The van der Waals surface area contributed by atoms with Gasteiger partial charge < -0.3 is 14.4 Å². The van der Waals surface area contributed by atoms with Crippen molar-refractivity contribution < 1.29 is 22.7 Å². The first-order valence-corrected chi connectivity index (χ1v) is 11.8. The van der Waals surface area contributed by atoms with Crippen molar-refractivity contribution in [2.75, 3.05) is 43.7 Å². The standard InChI is InChI=1S/C22H26N2O5S/c1-28-18-7-3-16(4-8-18)11-12-23-13-22(25)24(17-5-9-19(29-2)10-6-17)21-15-30(26,27)14-20(21)23/h3-10,20-21H,11-15H2,1-2H3/t20-,21-/m1/s1. The largest absolute Gasteiger partial charge is 0.497 e. The summed E-state index contributed by atoms with van der Waals surface area (Å²) in [5, 5.41) is 0. The number of rotatable bonds is 6. The van der Waals surface area contributed by atoms with Crippen molar-refractivity contribution in [2.24, 2.45) is 0 Å². The van der Waals surface area contributed by atoms with Gasteiger partial charge in [-0.2, -0.15) is 0 Å². The van der Waals surface area contributed by atoms with E-state index in [2.05, 4.69) is 0 Å². The van der Waals surface area contributed by atoms with Gasteiger partial charge in [-0.05, 0) is 48.4 Å².